The maximum atomic E-state index is 10.5. The van der Waals surface area contributed by atoms with Gasteiger partial charge in [-0.05, 0) is 17.7 Å². The first-order valence-electron chi connectivity index (χ1n) is 4.17. The van der Waals surface area contributed by atoms with Gasteiger partial charge in [0.2, 0.25) is 0 Å². The average Bonchev–Trinajstić information content (AvgIpc) is 2.42. The molecule has 4 heteroatoms. The van der Waals surface area contributed by atoms with E-state index in [2.05, 4.69) is 4.98 Å². The lowest BCUT2D eigenvalue weighted by molar-refractivity contribution is -0.136. The number of aromatic nitrogens is 1. The van der Waals surface area contributed by atoms with Crippen LogP contribution in [0.15, 0.2) is 24.3 Å². The fourth-order valence-electron chi connectivity index (χ4n) is 1.45. The molecular weight excluding hydrogens is 182 g/mol. The summed E-state index contributed by atoms with van der Waals surface area (Å²) in [6.07, 6.45) is 0.00187. The van der Waals surface area contributed by atoms with Crippen molar-refractivity contribution in [3.8, 4) is 5.88 Å². The molecule has 2 aromatic rings. The van der Waals surface area contributed by atoms with Crippen molar-refractivity contribution in [2.75, 3.05) is 0 Å². The predicted molar refractivity (Wildman–Crippen MR) is 51.3 cm³/mol. The van der Waals surface area contributed by atoms with Crippen LogP contribution in [0.1, 0.15) is 5.56 Å². The highest BCUT2D eigenvalue weighted by atomic mass is 16.4. The number of hydrogen-bond acceptors (Lipinski definition) is 2. The van der Waals surface area contributed by atoms with Crippen molar-refractivity contribution in [1.29, 1.82) is 0 Å². The van der Waals surface area contributed by atoms with Gasteiger partial charge in [0.05, 0.1) is 6.42 Å². The van der Waals surface area contributed by atoms with Crippen LogP contribution >= 0.6 is 0 Å². The number of benzene rings is 1. The molecule has 0 unspecified atom stereocenters. The number of aromatic hydroxyl groups is 1. The zero-order chi connectivity index (χ0) is 10.1. The van der Waals surface area contributed by atoms with Gasteiger partial charge < -0.3 is 15.2 Å². The summed E-state index contributed by atoms with van der Waals surface area (Å²) >= 11 is 0. The minimum Gasteiger partial charge on any atom is -0.495 e. The maximum Gasteiger partial charge on any atom is 0.307 e. The molecule has 3 N–H and O–H groups in total. The van der Waals surface area contributed by atoms with Gasteiger partial charge in [0.1, 0.15) is 0 Å². The minimum absolute atomic E-state index is 0.00187. The largest absolute Gasteiger partial charge is 0.495 e. The van der Waals surface area contributed by atoms with Crippen LogP contribution in [0.2, 0.25) is 0 Å². The number of fused-ring (bicyclic) bond motifs is 1. The Balaban J connectivity index is 2.45. The van der Waals surface area contributed by atoms with Crippen molar-refractivity contribution < 1.29 is 15.0 Å². The molecule has 0 spiro atoms. The Bertz CT molecular complexity index is 487. The molecule has 14 heavy (non-hydrogen) atoms. The molecule has 4 nitrogen and oxygen atoms in total. The molecule has 0 radical (unpaired) electrons. The van der Waals surface area contributed by atoms with Crippen LogP contribution in [0.25, 0.3) is 10.9 Å². The van der Waals surface area contributed by atoms with E-state index in [1.54, 1.807) is 24.3 Å². The van der Waals surface area contributed by atoms with Crippen LogP contribution in [-0.4, -0.2) is 21.2 Å². The SMILES string of the molecule is O=C(O)Cc1ccc2[nH]c(O)cc2c1. The summed E-state index contributed by atoms with van der Waals surface area (Å²) in [6.45, 7) is 0. The van der Waals surface area contributed by atoms with Crippen LogP contribution in [0.4, 0.5) is 0 Å². The number of aromatic amines is 1. The van der Waals surface area contributed by atoms with Crippen LogP contribution in [0.3, 0.4) is 0 Å². The third-order valence-electron chi connectivity index (χ3n) is 2.03. The number of H-pyrrole nitrogens is 1. The Kier molecular flexibility index (Phi) is 1.89. The number of rotatable bonds is 2. The third kappa shape index (κ3) is 1.54. The molecule has 1 heterocycles. The number of carboxylic acid groups (broad SMARTS) is 1. The van der Waals surface area contributed by atoms with E-state index in [1.165, 1.54) is 0 Å². The Morgan fingerprint density at radius 1 is 1.36 bits per heavy atom. The Morgan fingerprint density at radius 2 is 2.14 bits per heavy atom. The summed E-state index contributed by atoms with van der Waals surface area (Å²) in [7, 11) is 0. The summed E-state index contributed by atoms with van der Waals surface area (Å²) in [5.74, 6) is -0.767. The number of nitrogens with one attached hydrogen (secondary N) is 1. The highest BCUT2D eigenvalue weighted by Crippen LogP contribution is 2.20. The summed E-state index contributed by atoms with van der Waals surface area (Å²) in [5, 5.41) is 18.6. The fourth-order valence-corrected chi connectivity index (χ4v) is 1.45. The molecule has 0 aliphatic carbocycles. The van der Waals surface area contributed by atoms with E-state index in [0.29, 0.717) is 0 Å². The lowest BCUT2D eigenvalue weighted by atomic mass is 10.1. The highest BCUT2D eigenvalue weighted by Gasteiger charge is 2.03. The van der Waals surface area contributed by atoms with Crippen molar-refractivity contribution in [2.24, 2.45) is 0 Å². The number of carboxylic acids is 1. The summed E-state index contributed by atoms with van der Waals surface area (Å²) in [4.78, 5) is 13.2. The van der Waals surface area contributed by atoms with Gasteiger partial charge in [0.15, 0.2) is 5.88 Å². The highest BCUT2D eigenvalue weighted by molar-refractivity contribution is 5.83. The van der Waals surface area contributed by atoms with Crippen molar-refractivity contribution >= 4 is 16.9 Å². The summed E-state index contributed by atoms with van der Waals surface area (Å²) in [5.41, 5.74) is 1.53. The minimum atomic E-state index is -0.857. The molecule has 1 aromatic heterocycles. The zero-order valence-electron chi connectivity index (χ0n) is 7.32. The molecular formula is C10H9NO3. The molecule has 0 aliphatic heterocycles. The summed E-state index contributed by atoms with van der Waals surface area (Å²) < 4.78 is 0. The van der Waals surface area contributed by atoms with E-state index in [4.69, 9.17) is 10.2 Å². The van der Waals surface area contributed by atoms with Crippen molar-refractivity contribution in [3.05, 3.63) is 29.8 Å². The van der Waals surface area contributed by atoms with Crippen molar-refractivity contribution in [2.45, 2.75) is 6.42 Å². The van der Waals surface area contributed by atoms with Crippen LogP contribution in [-0.2, 0) is 11.2 Å². The Labute approximate surface area is 79.8 Å². The first kappa shape index (κ1) is 8.62. The summed E-state index contributed by atoms with van der Waals surface area (Å²) in [6, 6.07) is 6.81. The van der Waals surface area contributed by atoms with E-state index in [1.807, 2.05) is 0 Å². The molecule has 72 valence electrons. The van der Waals surface area contributed by atoms with Gasteiger partial charge in [-0.3, -0.25) is 4.79 Å². The normalized spacial score (nSPS) is 10.6. The standard InChI is InChI=1S/C10H9NO3/c12-9-5-7-3-6(4-10(13)14)1-2-8(7)11-9/h1-3,5,11-12H,4H2,(H,13,14). The van der Waals surface area contributed by atoms with Gasteiger partial charge >= 0.3 is 5.97 Å². The van der Waals surface area contributed by atoms with E-state index in [0.717, 1.165) is 16.5 Å². The van der Waals surface area contributed by atoms with Crippen LogP contribution in [0, 0.1) is 0 Å². The second kappa shape index (κ2) is 3.06. The first-order chi connectivity index (χ1) is 6.65. The average molecular weight is 191 g/mol. The van der Waals surface area contributed by atoms with Gasteiger partial charge in [-0.15, -0.1) is 0 Å². The maximum absolute atomic E-state index is 10.5. The lowest BCUT2D eigenvalue weighted by Gasteiger charge is -1.96. The molecule has 0 aliphatic rings. The Morgan fingerprint density at radius 3 is 2.86 bits per heavy atom. The van der Waals surface area contributed by atoms with E-state index in [9.17, 15) is 4.79 Å². The lowest BCUT2D eigenvalue weighted by Crippen LogP contribution is -1.99. The monoisotopic (exact) mass is 191 g/mol. The second-order valence-electron chi connectivity index (χ2n) is 3.15. The number of aliphatic carboxylic acids is 1. The zero-order valence-corrected chi connectivity index (χ0v) is 7.32. The molecule has 0 saturated carbocycles. The van der Waals surface area contributed by atoms with E-state index in [-0.39, 0.29) is 12.3 Å². The van der Waals surface area contributed by atoms with Crippen molar-refractivity contribution in [3.63, 3.8) is 0 Å². The van der Waals surface area contributed by atoms with Gasteiger partial charge in [-0.25, -0.2) is 0 Å². The number of carbonyl (C=O) groups is 1. The molecule has 0 atom stereocenters. The van der Waals surface area contributed by atoms with Gasteiger partial charge in [-0.1, -0.05) is 6.07 Å². The fraction of sp³-hybridized carbons (Fsp3) is 0.100. The smallest absolute Gasteiger partial charge is 0.307 e. The van der Waals surface area contributed by atoms with Gasteiger partial charge in [0, 0.05) is 17.0 Å². The number of hydrogen-bond donors (Lipinski definition) is 3. The second-order valence-corrected chi connectivity index (χ2v) is 3.15. The van der Waals surface area contributed by atoms with E-state index >= 15 is 0 Å². The first-order valence-corrected chi connectivity index (χ1v) is 4.17. The molecule has 0 amide bonds. The van der Waals surface area contributed by atoms with Gasteiger partial charge in [0.25, 0.3) is 0 Å². The van der Waals surface area contributed by atoms with Gasteiger partial charge in [-0.2, -0.15) is 0 Å². The topological polar surface area (TPSA) is 73.3 Å². The molecule has 0 fully saturated rings. The Hall–Kier alpha value is -1.97. The van der Waals surface area contributed by atoms with Crippen molar-refractivity contribution in [1.82, 2.24) is 4.98 Å². The molecule has 1 aromatic carbocycles. The quantitative estimate of drug-likeness (QED) is 0.673. The molecule has 2 rings (SSSR count). The predicted octanol–water partition coefficient (Wildman–Crippen LogP) is 1.50. The molecule has 0 bridgehead atoms. The van der Waals surface area contributed by atoms with E-state index < -0.39 is 5.97 Å². The van der Waals surface area contributed by atoms with Crippen LogP contribution < -0.4 is 0 Å². The van der Waals surface area contributed by atoms with Crippen LogP contribution in [0.5, 0.6) is 5.88 Å². The molecule has 0 saturated heterocycles. The third-order valence-corrected chi connectivity index (χ3v) is 2.03.